The maximum Gasteiger partial charge on any atom is 0.223 e. The molecule has 4 heteroatoms. The van der Waals surface area contributed by atoms with Gasteiger partial charge in [0, 0.05) is 29.8 Å². The molecule has 24 heavy (non-hydrogen) atoms. The van der Waals surface area contributed by atoms with Crippen LogP contribution in [0.4, 0.5) is 0 Å². The number of carbonyl (C=O) groups is 2. The molecule has 1 saturated heterocycles. The highest BCUT2D eigenvalue weighted by Crippen LogP contribution is 2.35. The van der Waals surface area contributed by atoms with Gasteiger partial charge in [-0.1, -0.05) is 23.8 Å². The summed E-state index contributed by atoms with van der Waals surface area (Å²) in [6, 6.07) is 10.2. The molecule has 0 spiro atoms. The van der Waals surface area contributed by atoms with Crippen molar-refractivity contribution in [1.82, 2.24) is 4.90 Å². The molecular weight excluding hydrogens is 318 g/mol. The third-order valence-electron chi connectivity index (χ3n) is 4.70. The Morgan fingerprint density at radius 3 is 2.79 bits per heavy atom. The average Bonchev–Trinajstić information content (AvgIpc) is 3.24. The van der Waals surface area contributed by atoms with Crippen LogP contribution in [0.25, 0.3) is 0 Å². The summed E-state index contributed by atoms with van der Waals surface area (Å²) in [5, 5.41) is 2.06. The summed E-state index contributed by atoms with van der Waals surface area (Å²) < 4.78 is 0. The minimum absolute atomic E-state index is 0.0661. The van der Waals surface area contributed by atoms with Crippen LogP contribution in [-0.4, -0.2) is 23.1 Å². The second-order valence-electron chi connectivity index (χ2n) is 6.50. The Morgan fingerprint density at radius 1 is 1.21 bits per heavy atom. The molecule has 126 valence electrons. The van der Waals surface area contributed by atoms with Crippen LogP contribution in [0.5, 0.6) is 0 Å². The third kappa shape index (κ3) is 3.59. The summed E-state index contributed by atoms with van der Waals surface area (Å²) in [4.78, 5) is 28.3. The Hall–Kier alpha value is -1.94. The average molecular weight is 341 g/mol. The van der Waals surface area contributed by atoms with Gasteiger partial charge in [-0.3, -0.25) is 9.59 Å². The molecule has 1 amide bonds. The van der Waals surface area contributed by atoms with Crippen molar-refractivity contribution in [2.75, 3.05) is 6.54 Å². The first kappa shape index (κ1) is 16.9. The van der Waals surface area contributed by atoms with E-state index in [0.29, 0.717) is 6.42 Å². The van der Waals surface area contributed by atoms with E-state index in [0.717, 1.165) is 36.1 Å². The molecule has 1 aliphatic rings. The summed E-state index contributed by atoms with van der Waals surface area (Å²) in [6.45, 7) is 4.73. The number of carbonyl (C=O) groups excluding carboxylic acids is 2. The number of benzene rings is 1. The molecule has 0 bridgehead atoms. The zero-order chi connectivity index (χ0) is 17.1. The summed E-state index contributed by atoms with van der Waals surface area (Å²) in [7, 11) is 0. The molecule has 0 saturated carbocycles. The van der Waals surface area contributed by atoms with Crippen molar-refractivity contribution in [2.24, 2.45) is 0 Å². The fourth-order valence-corrected chi connectivity index (χ4v) is 4.25. The maximum atomic E-state index is 12.6. The molecule has 1 aliphatic heterocycles. The van der Waals surface area contributed by atoms with Crippen LogP contribution in [0.1, 0.15) is 58.1 Å². The number of Topliss-reactive ketones (excluding diaryl/α,β-unsaturated/α-hetero) is 1. The van der Waals surface area contributed by atoms with Gasteiger partial charge >= 0.3 is 0 Å². The molecule has 0 radical (unpaired) electrons. The Balaban J connectivity index is 1.63. The van der Waals surface area contributed by atoms with Gasteiger partial charge in [0.15, 0.2) is 5.78 Å². The summed E-state index contributed by atoms with van der Waals surface area (Å²) in [5.74, 6) is 0.168. The molecular formula is C20H23NO2S. The molecule has 3 rings (SSSR count). The van der Waals surface area contributed by atoms with Crippen LogP contribution >= 0.6 is 11.3 Å². The van der Waals surface area contributed by atoms with Crippen molar-refractivity contribution in [3.05, 3.63) is 57.3 Å². The van der Waals surface area contributed by atoms with Crippen LogP contribution in [0.15, 0.2) is 35.7 Å². The third-order valence-corrected chi connectivity index (χ3v) is 5.68. The van der Waals surface area contributed by atoms with Crippen LogP contribution in [0.2, 0.25) is 0 Å². The van der Waals surface area contributed by atoms with E-state index in [4.69, 9.17) is 0 Å². The number of aryl methyl sites for hydroxylation is 2. The normalized spacial score (nSPS) is 17.2. The quantitative estimate of drug-likeness (QED) is 0.740. The molecule has 2 aromatic rings. The first-order chi connectivity index (χ1) is 11.6. The van der Waals surface area contributed by atoms with Crippen molar-refractivity contribution >= 4 is 23.0 Å². The SMILES string of the molecule is Cc1ccc(C)c(C(=O)CCC(=O)N2CCCC2c2cccs2)c1. The number of ketones is 1. The van der Waals surface area contributed by atoms with E-state index in [1.165, 1.54) is 4.88 Å². The topological polar surface area (TPSA) is 37.4 Å². The highest BCUT2D eigenvalue weighted by atomic mass is 32.1. The molecule has 1 fully saturated rings. The van der Waals surface area contributed by atoms with Gasteiger partial charge in [-0.05, 0) is 49.8 Å². The van der Waals surface area contributed by atoms with E-state index >= 15 is 0 Å². The summed E-state index contributed by atoms with van der Waals surface area (Å²) in [6.07, 6.45) is 2.65. The number of amides is 1. The van der Waals surface area contributed by atoms with Gasteiger partial charge in [-0.2, -0.15) is 0 Å². The highest BCUT2D eigenvalue weighted by molar-refractivity contribution is 7.10. The Morgan fingerprint density at radius 2 is 2.04 bits per heavy atom. The van der Waals surface area contributed by atoms with Crippen molar-refractivity contribution < 1.29 is 9.59 Å². The number of hydrogen-bond acceptors (Lipinski definition) is 3. The zero-order valence-corrected chi connectivity index (χ0v) is 15.1. The van der Waals surface area contributed by atoms with Gasteiger partial charge in [0.1, 0.15) is 0 Å². The van der Waals surface area contributed by atoms with Gasteiger partial charge in [0.05, 0.1) is 6.04 Å². The smallest absolute Gasteiger partial charge is 0.223 e. The van der Waals surface area contributed by atoms with Gasteiger partial charge < -0.3 is 4.90 Å². The summed E-state index contributed by atoms with van der Waals surface area (Å²) >= 11 is 1.71. The highest BCUT2D eigenvalue weighted by Gasteiger charge is 2.30. The lowest BCUT2D eigenvalue weighted by Crippen LogP contribution is -2.30. The Kier molecular flexibility index (Phi) is 5.14. The molecule has 0 N–H and O–H groups in total. The first-order valence-electron chi connectivity index (χ1n) is 8.49. The lowest BCUT2D eigenvalue weighted by molar-refractivity contribution is -0.132. The van der Waals surface area contributed by atoms with Crippen LogP contribution in [0, 0.1) is 13.8 Å². The van der Waals surface area contributed by atoms with Crippen LogP contribution < -0.4 is 0 Å². The van der Waals surface area contributed by atoms with E-state index in [1.54, 1.807) is 11.3 Å². The lowest BCUT2D eigenvalue weighted by Gasteiger charge is -2.24. The minimum atomic E-state index is 0.0661. The molecule has 1 atom stereocenters. The van der Waals surface area contributed by atoms with Crippen molar-refractivity contribution in [3.8, 4) is 0 Å². The molecule has 1 unspecified atom stereocenters. The Bertz CT molecular complexity index is 736. The number of rotatable bonds is 5. The number of likely N-dealkylation sites (tertiary alicyclic amines) is 1. The van der Waals surface area contributed by atoms with Gasteiger partial charge in [0.2, 0.25) is 5.91 Å². The second kappa shape index (κ2) is 7.31. The first-order valence-corrected chi connectivity index (χ1v) is 9.37. The second-order valence-corrected chi connectivity index (χ2v) is 7.48. The van der Waals surface area contributed by atoms with E-state index < -0.39 is 0 Å². The zero-order valence-electron chi connectivity index (χ0n) is 14.2. The number of hydrogen-bond donors (Lipinski definition) is 0. The van der Waals surface area contributed by atoms with Crippen LogP contribution in [0.3, 0.4) is 0 Å². The molecule has 1 aromatic heterocycles. The predicted octanol–water partition coefficient (Wildman–Crippen LogP) is 4.69. The molecule has 1 aromatic carbocycles. The van der Waals surface area contributed by atoms with Gasteiger partial charge in [-0.25, -0.2) is 0 Å². The Labute approximate surface area is 147 Å². The monoisotopic (exact) mass is 341 g/mol. The van der Waals surface area contributed by atoms with Gasteiger partial charge in [-0.15, -0.1) is 11.3 Å². The van der Waals surface area contributed by atoms with E-state index in [9.17, 15) is 9.59 Å². The number of thiophene rings is 1. The van der Waals surface area contributed by atoms with Crippen molar-refractivity contribution in [3.63, 3.8) is 0 Å². The maximum absolute atomic E-state index is 12.6. The van der Waals surface area contributed by atoms with Crippen molar-refractivity contribution in [1.29, 1.82) is 0 Å². The molecule has 3 nitrogen and oxygen atoms in total. The number of nitrogens with zero attached hydrogens (tertiary/aromatic N) is 1. The van der Waals surface area contributed by atoms with E-state index in [2.05, 4.69) is 11.4 Å². The van der Waals surface area contributed by atoms with E-state index in [1.807, 2.05) is 43.0 Å². The van der Waals surface area contributed by atoms with Crippen molar-refractivity contribution in [2.45, 2.75) is 45.6 Å². The van der Waals surface area contributed by atoms with E-state index in [-0.39, 0.29) is 24.2 Å². The fourth-order valence-electron chi connectivity index (χ4n) is 3.38. The minimum Gasteiger partial charge on any atom is -0.335 e. The fraction of sp³-hybridized carbons (Fsp3) is 0.400. The molecule has 2 heterocycles. The largest absolute Gasteiger partial charge is 0.335 e. The molecule has 0 aliphatic carbocycles. The summed E-state index contributed by atoms with van der Waals surface area (Å²) in [5.41, 5.74) is 2.81. The lowest BCUT2D eigenvalue weighted by atomic mass is 9.99. The predicted molar refractivity (Wildman–Crippen MR) is 97.5 cm³/mol. The van der Waals surface area contributed by atoms with Crippen LogP contribution in [-0.2, 0) is 4.79 Å². The van der Waals surface area contributed by atoms with Gasteiger partial charge in [0.25, 0.3) is 0 Å². The standard InChI is InChI=1S/C20H23NO2S/c1-14-7-8-15(2)16(13-14)18(22)9-10-20(23)21-11-3-5-17(21)19-6-4-12-24-19/h4,6-8,12-13,17H,3,5,9-11H2,1-2H3.